The van der Waals surface area contributed by atoms with Crippen molar-refractivity contribution in [1.82, 2.24) is 4.98 Å². The van der Waals surface area contributed by atoms with E-state index in [1.807, 2.05) is 36.4 Å². The van der Waals surface area contributed by atoms with Gasteiger partial charge in [0.05, 0.1) is 16.8 Å². The number of nitrogens with zero attached hydrogens (tertiary/aromatic N) is 1. The van der Waals surface area contributed by atoms with Crippen molar-refractivity contribution in [2.45, 2.75) is 39.5 Å². The molecule has 0 bridgehead atoms. The lowest BCUT2D eigenvalue weighted by molar-refractivity contribution is -0.116. The van der Waals surface area contributed by atoms with Gasteiger partial charge in [-0.3, -0.25) is 4.79 Å². The van der Waals surface area contributed by atoms with Gasteiger partial charge in [-0.1, -0.05) is 31.5 Å². The summed E-state index contributed by atoms with van der Waals surface area (Å²) in [6, 6.07) is 22.4. The Labute approximate surface area is 193 Å². The van der Waals surface area contributed by atoms with E-state index in [1.165, 1.54) is 15.8 Å². The van der Waals surface area contributed by atoms with Gasteiger partial charge in [0, 0.05) is 17.7 Å². The van der Waals surface area contributed by atoms with E-state index in [-0.39, 0.29) is 5.91 Å². The van der Waals surface area contributed by atoms with Gasteiger partial charge in [-0.25, -0.2) is 4.98 Å². The van der Waals surface area contributed by atoms with Crippen molar-refractivity contribution in [2.24, 2.45) is 0 Å². The molecule has 5 heteroatoms. The van der Waals surface area contributed by atoms with Crippen molar-refractivity contribution in [2.75, 3.05) is 11.9 Å². The second kappa shape index (κ2) is 10.4. The zero-order chi connectivity index (χ0) is 22.3. The average molecular weight is 445 g/mol. The number of rotatable bonds is 9. The maximum atomic E-state index is 12.3. The number of amides is 1. The van der Waals surface area contributed by atoms with Crippen molar-refractivity contribution in [3.05, 3.63) is 77.9 Å². The van der Waals surface area contributed by atoms with E-state index in [0.717, 1.165) is 40.4 Å². The largest absolute Gasteiger partial charge is 0.494 e. The summed E-state index contributed by atoms with van der Waals surface area (Å²) in [6.45, 7) is 4.79. The molecule has 0 radical (unpaired) electrons. The molecule has 4 aromatic rings. The van der Waals surface area contributed by atoms with Crippen molar-refractivity contribution >= 4 is 33.1 Å². The molecule has 0 atom stereocenters. The van der Waals surface area contributed by atoms with Crippen molar-refractivity contribution < 1.29 is 9.53 Å². The second-order valence-electron chi connectivity index (χ2n) is 7.96. The number of carbonyl (C=O) groups excluding carboxylic acids is 1. The quantitative estimate of drug-likeness (QED) is 0.282. The number of hydrogen-bond donors (Lipinski definition) is 1. The van der Waals surface area contributed by atoms with Gasteiger partial charge in [0.1, 0.15) is 10.8 Å². The molecule has 0 saturated heterocycles. The summed E-state index contributed by atoms with van der Waals surface area (Å²) < 4.78 is 6.94. The SMILES string of the molecule is CCCc1ccc(OCCCC(=O)Nc2ccc(-c3nc4ccc(C)cc4s3)cc2)cc1. The fourth-order valence-corrected chi connectivity index (χ4v) is 4.61. The highest BCUT2D eigenvalue weighted by molar-refractivity contribution is 7.21. The van der Waals surface area contributed by atoms with Crippen LogP contribution in [0.25, 0.3) is 20.8 Å². The number of aromatic nitrogens is 1. The second-order valence-corrected chi connectivity index (χ2v) is 8.99. The molecule has 0 spiro atoms. The Morgan fingerprint density at radius 3 is 2.56 bits per heavy atom. The maximum absolute atomic E-state index is 12.3. The minimum Gasteiger partial charge on any atom is -0.494 e. The average Bonchev–Trinajstić information content (AvgIpc) is 3.22. The summed E-state index contributed by atoms with van der Waals surface area (Å²) >= 11 is 1.69. The highest BCUT2D eigenvalue weighted by atomic mass is 32.1. The molecule has 164 valence electrons. The van der Waals surface area contributed by atoms with Crippen LogP contribution in [0.1, 0.15) is 37.3 Å². The van der Waals surface area contributed by atoms with Gasteiger partial charge in [-0.2, -0.15) is 0 Å². The molecule has 0 aliphatic rings. The fraction of sp³-hybridized carbons (Fsp3) is 0.259. The molecular weight excluding hydrogens is 416 g/mol. The first kappa shape index (κ1) is 22.0. The normalized spacial score (nSPS) is 10.9. The molecular formula is C27H28N2O2S. The molecule has 1 N–H and O–H groups in total. The molecule has 0 aliphatic heterocycles. The molecule has 1 heterocycles. The van der Waals surface area contributed by atoms with Crippen LogP contribution in [-0.4, -0.2) is 17.5 Å². The van der Waals surface area contributed by atoms with E-state index >= 15 is 0 Å². The standard InChI is InChI=1S/C27H28N2O2S/c1-3-5-20-8-14-23(15-9-20)31-17-4-6-26(30)28-22-12-10-21(11-13-22)27-29-24-16-7-19(2)18-25(24)32-27/h7-16,18H,3-6,17H2,1-2H3,(H,28,30). The van der Waals surface area contributed by atoms with Crippen LogP contribution < -0.4 is 10.1 Å². The predicted molar refractivity (Wildman–Crippen MR) is 134 cm³/mol. The fourth-order valence-electron chi connectivity index (χ4n) is 3.54. The highest BCUT2D eigenvalue weighted by Crippen LogP contribution is 2.31. The molecule has 1 aromatic heterocycles. The Morgan fingerprint density at radius 1 is 1.03 bits per heavy atom. The monoisotopic (exact) mass is 444 g/mol. The zero-order valence-corrected chi connectivity index (χ0v) is 19.4. The zero-order valence-electron chi connectivity index (χ0n) is 18.6. The van der Waals surface area contributed by atoms with Crippen LogP contribution in [0.5, 0.6) is 5.75 Å². The minimum atomic E-state index is -0.00453. The van der Waals surface area contributed by atoms with Gasteiger partial charge < -0.3 is 10.1 Å². The number of nitrogens with one attached hydrogen (secondary N) is 1. The van der Waals surface area contributed by atoms with Crippen LogP contribution in [0.3, 0.4) is 0 Å². The molecule has 0 fully saturated rings. The first-order valence-electron chi connectivity index (χ1n) is 11.1. The van der Waals surface area contributed by atoms with Crippen LogP contribution in [0, 0.1) is 6.92 Å². The molecule has 4 rings (SSSR count). The molecule has 0 aliphatic carbocycles. The third kappa shape index (κ3) is 5.74. The number of benzene rings is 3. The molecule has 3 aromatic carbocycles. The van der Waals surface area contributed by atoms with Gasteiger partial charge in [0.2, 0.25) is 5.91 Å². The lowest BCUT2D eigenvalue weighted by Gasteiger charge is -2.08. The first-order valence-corrected chi connectivity index (χ1v) is 11.9. The summed E-state index contributed by atoms with van der Waals surface area (Å²) in [7, 11) is 0. The molecule has 1 amide bonds. The number of ether oxygens (including phenoxy) is 1. The lowest BCUT2D eigenvalue weighted by atomic mass is 10.1. The van der Waals surface area contributed by atoms with E-state index in [0.29, 0.717) is 19.4 Å². The van der Waals surface area contributed by atoms with Crippen LogP contribution in [0.2, 0.25) is 0 Å². The molecule has 4 nitrogen and oxygen atoms in total. The van der Waals surface area contributed by atoms with Crippen molar-refractivity contribution in [3.8, 4) is 16.3 Å². The topological polar surface area (TPSA) is 51.2 Å². The Kier molecular flexibility index (Phi) is 7.17. The van der Waals surface area contributed by atoms with Crippen molar-refractivity contribution in [3.63, 3.8) is 0 Å². The number of anilines is 1. The highest BCUT2D eigenvalue weighted by Gasteiger charge is 2.08. The summed E-state index contributed by atoms with van der Waals surface area (Å²) in [5.74, 6) is 0.848. The molecule has 0 saturated carbocycles. The number of hydrogen-bond acceptors (Lipinski definition) is 4. The summed E-state index contributed by atoms with van der Waals surface area (Å²) in [6.07, 6.45) is 3.32. The Hall–Kier alpha value is -3.18. The number of fused-ring (bicyclic) bond motifs is 1. The third-order valence-electron chi connectivity index (χ3n) is 5.24. The Bertz CT molecular complexity index is 1180. The van der Waals surface area contributed by atoms with E-state index in [1.54, 1.807) is 11.3 Å². The summed E-state index contributed by atoms with van der Waals surface area (Å²) in [5.41, 5.74) is 5.43. The minimum absolute atomic E-state index is 0.00453. The van der Waals surface area contributed by atoms with Crippen LogP contribution in [0.4, 0.5) is 5.69 Å². The van der Waals surface area contributed by atoms with Gasteiger partial charge in [-0.05, 0) is 79.4 Å². The van der Waals surface area contributed by atoms with Gasteiger partial charge in [0.15, 0.2) is 0 Å². The van der Waals surface area contributed by atoms with Gasteiger partial charge in [-0.15, -0.1) is 11.3 Å². The number of aryl methyl sites for hydroxylation is 2. The number of thiazole rings is 1. The number of carbonyl (C=O) groups is 1. The molecule has 32 heavy (non-hydrogen) atoms. The predicted octanol–water partition coefficient (Wildman–Crippen LogP) is 7.02. The molecule has 0 unspecified atom stereocenters. The van der Waals surface area contributed by atoms with Gasteiger partial charge >= 0.3 is 0 Å². The maximum Gasteiger partial charge on any atom is 0.224 e. The van der Waals surface area contributed by atoms with E-state index < -0.39 is 0 Å². The Balaban J connectivity index is 1.24. The van der Waals surface area contributed by atoms with Gasteiger partial charge in [0.25, 0.3) is 0 Å². The van der Waals surface area contributed by atoms with Crippen LogP contribution >= 0.6 is 11.3 Å². The summed E-state index contributed by atoms with van der Waals surface area (Å²) in [5, 5.41) is 3.95. The van der Waals surface area contributed by atoms with E-state index in [4.69, 9.17) is 9.72 Å². The van der Waals surface area contributed by atoms with Crippen molar-refractivity contribution in [1.29, 1.82) is 0 Å². The Morgan fingerprint density at radius 2 is 1.81 bits per heavy atom. The van der Waals surface area contributed by atoms with Crippen LogP contribution in [0.15, 0.2) is 66.7 Å². The third-order valence-corrected chi connectivity index (χ3v) is 6.31. The van der Waals surface area contributed by atoms with Crippen LogP contribution in [-0.2, 0) is 11.2 Å². The lowest BCUT2D eigenvalue weighted by Crippen LogP contribution is -2.12. The first-order chi connectivity index (χ1) is 15.6. The summed E-state index contributed by atoms with van der Waals surface area (Å²) in [4.78, 5) is 17.0. The smallest absolute Gasteiger partial charge is 0.224 e. The van der Waals surface area contributed by atoms with E-state index in [2.05, 4.69) is 49.5 Å². The van der Waals surface area contributed by atoms with E-state index in [9.17, 15) is 4.79 Å².